The van der Waals surface area contributed by atoms with Gasteiger partial charge in [-0.1, -0.05) is 12.8 Å². The molecule has 3 N–H and O–H groups in total. The Bertz CT molecular complexity index is 846. The Hall–Kier alpha value is -2.09. The zero-order valence-corrected chi connectivity index (χ0v) is 17.6. The third-order valence-electron chi connectivity index (χ3n) is 6.95. The van der Waals surface area contributed by atoms with Gasteiger partial charge in [0.1, 0.15) is 5.82 Å². The number of rotatable bonds is 7. The first-order valence-corrected chi connectivity index (χ1v) is 11.3. The molecule has 1 aliphatic heterocycles. The van der Waals surface area contributed by atoms with Crippen LogP contribution in [0.25, 0.3) is 0 Å². The van der Waals surface area contributed by atoms with Crippen molar-refractivity contribution >= 4 is 11.8 Å². The minimum Gasteiger partial charge on any atom is -0.354 e. The van der Waals surface area contributed by atoms with E-state index in [1.165, 1.54) is 0 Å². The van der Waals surface area contributed by atoms with Crippen molar-refractivity contribution in [3.63, 3.8) is 0 Å². The third kappa shape index (κ3) is 5.05. The number of nitrogens with one attached hydrogen (secondary N) is 1. The maximum absolute atomic E-state index is 14.0. The van der Waals surface area contributed by atoms with Crippen molar-refractivity contribution in [3.05, 3.63) is 35.1 Å². The number of hydrogen-bond acceptors (Lipinski definition) is 3. The lowest BCUT2D eigenvalue weighted by Gasteiger charge is -2.35. The summed E-state index contributed by atoms with van der Waals surface area (Å²) in [6.45, 7) is 0.446. The predicted molar refractivity (Wildman–Crippen MR) is 109 cm³/mol. The van der Waals surface area contributed by atoms with E-state index in [1.807, 2.05) is 4.90 Å². The van der Waals surface area contributed by atoms with Crippen LogP contribution >= 0.6 is 0 Å². The zero-order valence-electron chi connectivity index (χ0n) is 17.6. The van der Waals surface area contributed by atoms with Crippen LogP contribution < -0.4 is 11.1 Å². The van der Waals surface area contributed by atoms with Crippen LogP contribution in [0.15, 0.2) is 12.1 Å². The fourth-order valence-electron chi connectivity index (χ4n) is 5.25. The molecule has 5 nitrogen and oxygen atoms in total. The van der Waals surface area contributed by atoms with E-state index in [4.69, 9.17) is 5.73 Å². The van der Waals surface area contributed by atoms with Crippen LogP contribution in [0.2, 0.25) is 0 Å². The van der Waals surface area contributed by atoms with Gasteiger partial charge in [0, 0.05) is 43.1 Å². The first-order valence-electron chi connectivity index (χ1n) is 11.3. The molecule has 0 radical (unpaired) electrons. The number of amides is 2. The van der Waals surface area contributed by atoms with Crippen molar-refractivity contribution in [2.24, 2.45) is 17.6 Å². The number of likely N-dealkylation sites (tertiary alicyclic amines) is 1. The second kappa shape index (κ2) is 9.18. The standard InChI is InChI=1S/C23H30F3N3O2/c24-18-11-20(26)19(25)9-15(18)7-16(27)10-22(30)29-17(12-28-23(31)13-5-6-13)8-14-3-1-2-4-21(14)29/h9,11,13-14,16-17,21H,1-8,10,12,27H2,(H,28,31)/t14-,16+,17-,21-/m0/s1. The van der Waals surface area contributed by atoms with Crippen molar-refractivity contribution in [2.75, 3.05) is 6.54 Å². The van der Waals surface area contributed by atoms with Crippen molar-refractivity contribution in [3.8, 4) is 0 Å². The number of benzene rings is 1. The molecule has 1 heterocycles. The minimum atomic E-state index is -1.25. The summed E-state index contributed by atoms with van der Waals surface area (Å²) in [6.07, 6.45) is 6.91. The number of carbonyl (C=O) groups is 2. The monoisotopic (exact) mass is 437 g/mol. The lowest BCUT2D eigenvalue weighted by Crippen LogP contribution is -2.49. The maximum atomic E-state index is 14.0. The number of carbonyl (C=O) groups excluding carboxylic acids is 2. The SMILES string of the molecule is N[C@@H](CC(=O)N1[C@H](CNC(=O)C2CC2)C[C@@H]2CCCC[C@@H]21)Cc1cc(F)c(F)cc1F. The number of fused-ring (bicyclic) bond motifs is 1. The quantitative estimate of drug-likeness (QED) is 0.644. The lowest BCUT2D eigenvalue weighted by molar-refractivity contribution is -0.135. The summed E-state index contributed by atoms with van der Waals surface area (Å²) < 4.78 is 40.6. The summed E-state index contributed by atoms with van der Waals surface area (Å²) in [5.74, 6) is -2.75. The molecular formula is C23H30F3N3O2. The summed E-state index contributed by atoms with van der Waals surface area (Å²) in [5, 5.41) is 3.00. The van der Waals surface area contributed by atoms with Crippen LogP contribution in [-0.4, -0.2) is 41.4 Å². The van der Waals surface area contributed by atoms with Crippen LogP contribution in [0.4, 0.5) is 13.2 Å². The fourth-order valence-corrected chi connectivity index (χ4v) is 5.25. The molecule has 1 aromatic rings. The van der Waals surface area contributed by atoms with Gasteiger partial charge in [0.2, 0.25) is 11.8 Å². The molecule has 3 aliphatic rings. The van der Waals surface area contributed by atoms with E-state index >= 15 is 0 Å². The van der Waals surface area contributed by atoms with Crippen LogP contribution in [-0.2, 0) is 16.0 Å². The summed E-state index contributed by atoms with van der Waals surface area (Å²) in [5.41, 5.74) is 6.08. The molecule has 31 heavy (non-hydrogen) atoms. The van der Waals surface area contributed by atoms with Gasteiger partial charge in [-0.2, -0.15) is 0 Å². The van der Waals surface area contributed by atoms with E-state index in [2.05, 4.69) is 5.32 Å². The maximum Gasteiger partial charge on any atom is 0.224 e. The van der Waals surface area contributed by atoms with Gasteiger partial charge in [0.25, 0.3) is 0 Å². The highest BCUT2D eigenvalue weighted by Crippen LogP contribution is 2.40. The molecule has 0 bridgehead atoms. The molecule has 0 aromatic heterocycles. The fraction of sp³-hybridized carbons (Fsp3) is 0.652. The average Bonchev–Trinajstić information content (AvgIpc) is 3.50. The predicted octanol–water partition coefficient (Wildman–Crippen LogP) is 3.05. The Morgan fingerprint density at radius 3 is 2.52 bits per heavy atom. The van der Waals surface area contributed by atoms with Crippen molar-refractivity contribution in [1.29, 1.82) is 0 Å². The largest absolute Gasteiger partial charge is 0.354 e. The van der Waals surface area contributed by atoms with E-state index in [0.29, 0.717) is 18.5 Å². The van der Waals surface area contributed by atoms with Gasteiger partial charge in [-0.3, -0.25) is 9.59 Å². The molecule has 3 fully saturated rings. The highest BCUT2D eigenvalue weighted by molar-refractivity contribution is 5.81. The van der Waals surface area contributed by atoms with Gasteiger partial charge >= 0.3 is 0 Å². The Balaban J connectivity index is 1.41. The molecule has 2 saturated carbocycles. The van der Waals surface area contributed by atoms with E-state index in [1.54, 1.807) is 0 Å². The van der Waals surface area contributed by atoms with Crippen LogP contribution in [0.1, 0.15) is 56.9 Å². The third-order valence-corrected chi connectivity index (χ3v) is 6.95. The van der Waals surface area contributed by atoms with Gasteiger partial charge in [-0.25, -0.2) is 13.2 Å². The molecule has 4 rings (SSSR count). The van der Waals surface area contributed by atoms with Crippen molar-refractivity contribution in [1.82, 2.24) is 10.2 Å². The zero-order chi connectivity index (χ0) is 22.1. The summed E-state index contributed by atoms with van der Waals surface area (Å²) in [6, 6.07) is 0.686. The van der Waals surface area contributed by atoms with Crippen LogP contribution in [0.3, 0.4) is 0 Å². The molecule has 1 aromatic carbocycles. The molecule has 2 amide bonds. The van der Waals surface area contributed by atoms with Gasteiger partial charge in [0.05, 0.1) is 0 Å². The van der Waals surface area contributed by atoms with E-state index in [0.717, 1.165) is 51.0 Å². The number of halogens is 3. The number of hydrogen-bond donors (Lipinski definition) is 2. The average molecular weight is 438 g/mol. The molecule has 2 aliphatic carbocycles. The molecule has 0 unspecified atom stereocenters. The van der Waals surface area contributed by atoms with E-state index in [-0.39, 0.29) is 48.2 Å². The Morgan fingerprint density at radius 1 is 1.06 bits per heavy atom. The lowest BCUT2D eigenvalue weighted by atomic mass is 9.84. The normalized spacial score (nSPS) is 26.5. The van der Waals surface area contributed by atoms with Gasteiger partial charge in [-0.05, 0) is 56.1 Å². The Labute approximate surface area is 180 Å². The molecular weight excluding hydrogens is 407 g/mol. The van der Waals surface area contributed by atoms with E-state index < -0.39 is 23.5 Å². The Kier molecular flexibility index (Phi) is 6.55. The van der Waals surface area contributed by atoms with Crippen molar-refractivity contribution < 1.29 is 22.8 Å². The second-order valence-electron chi connectivity index (χ2n) is 9.35. The number of nitrogens with two attached hydrogens (primary N) is 1. The summed E-state index contributed by atoms with van der Waals surface area (Å²) in [7, 11) is 0. The summed E-state index contributed by atoms with van der Waals surface area (Å²) >= 11 is 0. The van der Waals surface area contributed by atoms with Crippen LogP contribution in [0, 0.1) is 29.3 Å². The van der Waals surface area contributed by atoms with Gasteiger partial charge in [-0.15, -0.1) is 0 Å². The minimum absolute atomic E-state index is 0.00523. The summed E-state index contributed by atoms with van der Waals surface area (Å²) in [4.78, 5) is 27.2. The van der Waals surface area contributed by atoms with Crippen molar-refractivity contribution in [2.45, 2.75) is 75.9 Å². The first-order chi connectivity index (χ1) is 14.8. The molecule has 0 spiro atoms. The Morgan fingerprint density at radius 2 is 1.77 bits per heavy atom. The topological polar surface area (TPSA) is 75.4 Å². The van der Waals surface area contributed by atoms with Crippen LogP contribution in [0.5, 0.6) is 0 Å². The first kappa shape index (κ1) is 22.1. The van der Waals surface area contributed by atoms with Gasteiger partial charge in [0.15, 0.2) is 11.6 Å². The molecule has 4 atom stereocenters. The smallest absolute Gasteiger partial charge is 0.224 e. The highest BCUT2D eigenvalue weighted by atomic mass is 19.2. The van der Waals surface area contributed by atoms with E-state index in [9.17, 15) is 22.8 Å². The molecule has 170 valence electrons. The molecule has 1 saturated heterocycles. The second-order valence-corrected chi connectivity index (χ2v) is 9.35. The van der Waals surface area contributed by atoms with Gasteiger partial charge < -0.3 is 16.0 Å². The molecule has 8 heteroatoms. The number of nitrogens with zero attached hydrogens (tertiary/aromatic N) is 1. The highest BCUT2D eigenvalue weighted by Gasteiger charge is 2.44.